The fourth-order valence-electron chi connectivity index (χ4n) is 5.48. The molecule has 1 aliphatic carbocycles. The van der Waals surface area contributed by atoms with E-state index in [9.17, 15) is 14.0 Å². The third-order valence-corrected chi connectivity index (χ3v) is 7.76. The van der Waals surface area contributed by atoms with Gasteiger partial charge in [0.2, 0.25) is 5.95 Å². The number of fused-ring (bicyclic) bond motifs is 1. The van der Waals surface area contributed by atoms with Crippen LogP contribution in [0.2, 0.25) is 5.02 Å². The Labute approximate surface area is 233 Å². The second-order valence-corrected chi connectivity index (χ2v) is 10.4. The van der Waals surface area contributed by atoms with Gasteiger partial charge in [-0.05, 0) is 43.9 Å². The Morgan fingerprint density at radius 2 is 1.73 bits per heavy atom. The third-order valence-electron chi connectivity index (χ3n) is 7.47. The summed E-state index contributed by atoms with van der Waals surface area (Å²) in [5.41, 5.74) is 1.40. The van der Waals surface area contributed by atoms with E-state index in [4.69, 9.17) is 26.3 Å². The highest BCUT2D eigenvalue weighted by Crippen LogP contribution is 2.33. The summed E-state index contributed by atoms with van der Waals surface area (Å²) >= 11 is 5.95. The Bertz CT molecular complexity index is 1440. The van der Waals surface area contributed by atoms with Crippen molar-refractivity contribution in [2.75, 3.05) is 24.4 Å². The van der Waals surface area contributed by atoms with Crippen LogP contribution < -0.4 is 10.3 Å². The summed E-state index contributed by atoms with van der Waals surface area (Å²) in [6, 6.07) is 3.60. The summed E-state index contributed by atoms with van der Waals surface area (Å²) in [6.45, 7) is 0. The number of carbonyl (C=O) groups excluding carboxylic acids is 2. The topological polar surface area (TPSA) is 129 Å². The van der Waals surface area contributed by atoms with Crippen LogP contribution in [0.25, 0.3) is 11.0 Å². The predicted molar refractivity (Wildman–Crippen MR) is 141 cm³/mol. The highest BCUT2D eigenvalue weighted by Gasteiger charge is 2.43. The molecular weight excluding hydrogens is 545 g/mol. The molecule has 0 spiro atoms. The smallest absolute Gasteiger partial charge is 0.330 e. The molecule has 1 saturated carbocycles. The molecular formula is C25H27ClFN9O4. The number of anilines is 3. The lowest BCUT2D eigenvalue weighted by molar-refractivity contribution is -0.349. The van der Waals surface area contributed by atoms with Crippen molar-refractivity contribution < 1.29 is 23.7 Å². The number of benzene rings is 1. The number of aromatic nitrogens is 4. The molecule has 40 heavy (non-hydrogen) atoms. The third kappa shape index (κ3) is 5.10. The van der Waals surface area contributed by atoms with E-state index in [1.165, 1.54) is 24.5 Å². The molecule has 2 aromatic heterocycles. The molecule has 5 saturated heterocycles. The zero-order valence-electron chi connectivity index (χ0n) is 21.8. The van der Waals surface area contributed by atoms with Crippen molar-refractivity contribution in [3.8, 4) is 0 Å². The van der Waals surface area contributed by atoms with Crippen LogP contribution in [-0.4, -0.2) is 79.4 Å². The molecule has 0 radical (unpaired) electrons. The van der Waals surface area contributed by atoms with Crippen molar-refractivity contribution in [1.29, 1.82) is 0 Å². The number of carbonyl (C=O) groups is 2. The molecule has 6 aliphatic rings. The van der Waals surface area contributed by atoms with E-state index in [0.29, 0.717) is 35.4 Å². The standard InChI is InChI=1S/C25H27ClFN9O4/c1-33-15-4-6-16(7-5-15)36-39-21(37)10-17(11-22(38)40-36)35(33)34(2)25-28-12-20-23(32-25)24(30-13-29-20)31-14-3-8-19(27)18(26)9-14/h3,8-9,12-13,15-17H,4-7,10-11H2,1-2H3,(H,29,30,31). The molecule has 6 fully saturated rings. The average Bonchev–Trinajstić information content (AvgIpc) is 2.98. The van der Waals surface area contributed by atoms with E-state index >= 15 is 0 Å². The van der Waals surface area contributed by atoms with Gasteiger partial charge in [0.05, 0.1) is 36.1 Å². The normalized spacial score (nSPS) is 25.7. The fraction of sp³-hybridized carbons (Fsp3) is 0.440. The number of hydroxylamine groups is 2. The van der Waals surface area contributed by atoms with Crippen LogP contribution in [-0.2, 0) is 19.3 Å². The maximum absolute atomic E-state index is 13.7. The van der Waals surface area contributed by atoms with Crippen molar-refractivity contribution in [1.82, 2.24) is 35.3 Å². The van der Waals surface area contributed by atoms with Gasteiger partial charge in [0.1, 0.15) is 23.2 Å². The van der Waals surface area contributed by atoms with Crippen molar-refractivity contribution in [3.05, 3.63) is 41.6 Å². The lowest BCUT2D eigenvalue weighted by atomic mass is 9.91. The van der Waals surface area contributed by atoms with Crippen LogP contribution in [0.5, 0.6) is 0 Å². The highest BCUT2D eigenvalue weighted by molar-refractivity contribution is 6.31. The quantitative estimate of drug-likeness (QED) is 0.492. The number of hydrogen-bond donors (Lipinski definition) is 1. The minimum Gasteiger partial charge on any atom is -0.338 e. The summed E-state index contributed by atoms with van der Waals surface area (Å²) in [6.07, 6.45) is 5.86. The molecule has 0 amide bonds. The molecule has 0 unspecified atom stereocenters. The van der Waals surface area contributed by atoms with E-state index in [1.54, 1.807) is 18.3 Å². The Hall–Kier alpha value is -3.72. The molecule has 1 N–H and O–H groups in total. The number of hydrogen-bond acceptors (Lipinski definition) is 13. The molecule has 15 heteroatoms. The van der Waals surface area contributed by atoms with Crippen LogP contribution in [0.1, 0.15) is 38.5 Å². The van der Waals surface area contributed by atoms with Gasteiger partial charge >= 0.3 is 11.9 Å². The van der Waals surface area contributed by atoms with Crippen LogP contribution in [0.15, 0.2) is 30.7 Å². The Kier molecular flexibility index (Phi) is 7.08. The van der Waals surface area contributed by atoms with E-state index in [1.807, 2.05) is 12.2 Å². The second-order valence-electron chi connectivity index (χ2n) is 10.0. The first-order valence-corrected chi connectivity index (χ1v) is 13.3. The molecule has 1 aromatic carbocycles. The summed E-state index contributed by atoms with van der Waals surface area (Å²) in [5, 5.41) is 9.79. The molecule has 9 rings (SSSR count). The summed E-state index contributed by atoms with van der Waals surface area (Å²) in [5.74, 6) is -0.872. The molecule has 210 valence electrons. The summed E-state index contributed by atoms with van der Waals surface area (Å²) in [7, 11) is 3.70. The Morgan fingerprint density at radius 1 is 1.02 bits per heavy atom. The number of nitrogens with one attached hydrogen (secondary N) is 1. The molecule has 3 aromatic rings. The molecule has 7 heterocycles. The van der Waals surface area contributed by atoms with Gasteiger partial charge in [0.25, 0.3) is 0 Å². The minimum absolute atomic E-state index is 0.0329. The van der Waals surface area contributed by atoms with Gasteiger partial charge in [-0.3, -0.25) is 14.6 Å². The van der Waals surface area contributed by atoms with Gasteiger partial charge in [-0.1, -0.05) is 11.6 Å². The van der Waals surface area contributed by atoms with Gasteiger partial charge in [-0.25, -0.2) is 29.3 Å². The summed E-state index contributed by atoms with van der Waals surface area (Å²) < 4.78 is 13.7. The first-order chi connectivity index (χ1) is 19.3. The largest absolute Gasteiger partial charge is 0.338 e. The number of nitrogens with zero attached hydrogens (tertiary/aromatic N) is 8. The Balaban J connectivity index is 1.38. The maximum atomic E-state index is 13.7. The second kappa shape index (κ2) is 10.7. The van der Waals surface area contributed by atoms with Gasteiger partial charge in [0.15, 0.2) is 5.82 Å². The molecule has 4 bridgehead atoms. The van der Waals surface area contributed by atoms with Gasteiger partial charge in [-0.2, -0.15) is 0 Å². The summed E-state index contributed by atoms with van der Waals surface area (Å²) in [4.78, 5) is 54.5. The Morgan fingerprint density at radius 3 is 2.42 bits per heavy atom. The van der Waals surface area contributed by atoms with Crippen LogP contribution >= 0.6 is 11.6 Å². The van der Waals surface area contributed by atoms with Crippen molar-refractivity contribution >= 4 is 52.0 Å². The van der Waals surface area contributed by atoms with E-state index in [0.717, 1.165) is 18.1 Å². The van der Waals surface area contributed by atoms with Gasteiger partial charge in [-0.15, -0.1) is 5.12 Å². The van der Waals surface area contributed by atoms with E-state index < -0.39 is 23.8 Å². The number of rotatable bonds is 4. The van der Waals surface area contributed by atoms with E-state index in [-0.39, 0.29) is 35.9 Å². The molecule has 5 aliphatic heterocycles. The zero-order chi connectivity index (χ0) is 28.0. The van der Waals surface area contributed by atoms with Crippen LogP contribution in [0.4, 0.5) is 21.8 Å². The van der Waals surface area contributed by atoms with Crippen molar-refractivity contribution in [3.63, 3.8) is 0 Å². The average molecular weight is 572 g/mol. The predicted octanol–water partition coefficient (Wildman–Crippen LogP) is 3.16. The zero-order valence-corrected chi connectivity index (χ0v) is 22.6. The minimum atomic E-state index is -0.612. The van der Waals surface area contributed by atoms with E-state index in [2.05, 4.69) is 25.3 Å². The van der Waals surface area contributed by atoms with Crippen molar-refractivity contribution in [2.24, 2.45) is 0 Å². The van der Waals surface area contributed by atoms with Crippen molar-refractivity contribution in [2.45, 2.75) is 56.7 Å². The first kappa shape index (κ1) is 26.5. The molecule has 13 nitrogen and oxygen atoms in total. The molecule has 0 atom stereocenters. The van der Waals surface area contributed by atoms with Crippen LogP contribution in [0, 0.1) is 5.82 Å². The lowest BCUT2D eigenvalue weighted by Crippen LogP contribution is -2.60. The van der Waals surface area contributed by atoms with Crippen LogP contribution in [0.3, 0.4) is 0 Å². The highest BCUT2D eigenvalue weighted by atomic mass is 35.5. The van der Waals surface area contributed by atoms with Gasteiger partial charge < -0.3 is 15.0 Å². The maximum Gasteiger partial charge on any atom is 0.330 e. The van der Waals surface area contributed by atoms with Gasteiger partial charge in [0, 0.05) is 31.1 Å². The first-order valence-electron chi connectivity index (χ1n) is 12.9. The SMILES string of the molecule is CN(c1ncc2ncnc(Nc3ccc(F)c(Cl)c3)c2n1)N1C2CC(=O)ON(OC(=O)C2)C2CCC(CC2)N1C. The fourth-order valence-corrected chi connectivity index (χ4v) is 5.66. The monoisotopic (exact) mass is 571 g/mol. The number of hydrazine groups is 2. The number of halogens is 2. The lowest BCUT2D eigenvalue weighted by Gasteiger charge is -2.46.